The Bertz CT molecular complexity index is 854. The molecule has 1 aliphatic heterocycles. The molecule has 1 aliphatic rings. The molecule has 0 radical (unpaired) electrons. The van der Waals surface area contributed by atoms with Crippen LogP contribution in [0.15, 0.2) is 24.3 Å². The lowest BCUT2D eigenvalue weighted by Crippen LogP contribution is -2.26. The molecule has 0 atom stereocenters. The third-order valence-corrected chi connectivity index (χ3v) is 5.42. The molecule has 0 saturated heterocycles. The van der Waals surface area contributed by atoms with Gasteiger partial charge >= 0.3 is 0 Å². The topological polar surface area (TPSA) is 70.4 Å². The molecule has 0 fully saturated rings. The summed E-state index contributed by atoms with van der Waals surface area (Å²) in [5, 5.41) is 13.1. The third kappa shape index (κ3) is 4.64. The summed E-state index contributed by atoms with van der Waals surface area (Å²) in [4.78, 5) is 13.7. The number of amides is 1. The van der Waals surface area contributed by atoms with Crippen LogP contribution in [0.2, 0.25) is 0 Å². The standard InChI is InChI=1S/C21H28N4O2/c1-15-20(16(2)24(3)22-15)10-12-25-11-4-5-18-13-17(6-8-19(18)14-25)7-9-21(26)23-27/h6-9,13,27H,4-5,10-12,14H2,1-3H3,(H,23,26)/b9-7+. The van der Waals surface area contributed by atoms with Gasteiger partial charge in [-0.1, -0.05) is 18.2 Å². The lowest BCUT2D eigenvalue weighted by molar-refractivity contribution is -0.124. The van der Waals surface area contributed by atoms with Gasteiger partial charge in [0.25, 0.3) is 5.91 Å². The maximum absolute atomic E-state index is 11.1. The highest BCUT2D eigenvalue weighted by Gasteiger charge is 2.16. The first-order valence-corrected chi connectivity index (χ1v) is 9.43. The molecule has 6 nitrogen and oxygen atoms in total. The maximum atomic E-state index is 11.1. The van der Waals surface area contributed by atoms with E-state index in [1.54, 1.807) is 11.6 Å². The molecule has 2 aromatic rings. The Labute approximate surface area is 160 Å². The summed E-state index contributed by atoms with van der Waals surface area (Å²) in [6.45, 7) is 7.30. The van der Waals surface area contributed by atoms with E-state index in [0.717, 1.165) is 50.2 Å². The molecule has 144 valence electrons. The van der Waals surface area contributed by atoms with Crippen LogP contribution in [0.3, 0.4) is 0 Å². The normalized spacial score (nSPS) is 15.0. The molecule has 0 unspecified atom stereocenters. The minimum atomic E-state index is -0.517. The molecule has 6 heteroatoms. The summed E-state index contributed by atoms with van der Waals surface area (Å²) in [6.07, 6.45) is 6.26. The number of rotatable bonds is 5. The summed E-state index contributed by atoms with van der Waals surface area (Å²) >= 11 is 0. The Morgan fingerprint density at radius 1 is 1.33 bits per heavy atom. The van der Waals surface area contributed by atoms with Crippen molar-refractivity contribution >= 4 is 12.0 Å². The number of benzene rings is 1. The Morgan fingerprint density at radius 3 is 2.85 bits per heavy atom. The molecule has 2 heterocycles. The number of hydroxylamine groups is 1. The molecule has 0 bridgehead atoms. The molecule has 1 aromatic carbocycles. The smallest absolute Gasteiger partial charge is 0.267 e. The van der Waals surface area contributed by atoms with Crippen molar-refractivity contribution in [3.05, 3.63) is 57.9 Å². The fourth-order valence-corrected chi connectivity index (χ4v) is 3.80. The number of aromatic nitrogens is 2. The van der Waals surface area contributed by atoms with Gasteiger partial charge in [0.1, 0.15) is 0 Å². The lowest BCUT2D eigenvalue weighted by Gasteiger charge is -2.20. The van der Waals surface area contributed by atoms with Gasteiger partial charge in [0.05, 0.1) is 5.69 Å². The Kier molecular flexibility index (Phi) is 6.08. The van der Waals surface area contributed by atoms with Crippen molar-refractivity contribution in [2.24, 2.45) is 7.05 Å². The Balaban J connectivity index is 1.67. The van der Waals surface area contributed by atoms with Gasteiger partial charge in [-0.15, -0.1) is 0 Å². The molecule has 0 spiro atoms. The third-order valence-electron chi connectivity index (χ3n) is 5.42. The predicted octanol–water partition coefficient (Wildman–Crippen LogP) is 2.55. The van der Waals surface area contributed by atoms with Crippen molar-refractivity contribution in [2.75, 3.05) is 13.1 Å². The van der Waals surface area contributed by atoms with Crippen molar-refractivity contribution in [2.45, 2.75) is 39.7 Å². The number of carbonyl (C=O) groups excluding carboxylic acids is 1. The largest absolute Gasteiger partial charge is 0.299 e. The Hall–Kier alpha value is -2.44. The molecule has 2 N–H and O–H groups in total. The van der Waals surface area contributed by atoms with Crippen LogP contribution in [0.1, 0.15) is 40.1 Å². The SMILES string of the molecule is Cc1nn(C)c(C)c1CCN1CCCc2cc(/C=C/C(=O)NO)ccc2C1. The van der Waals surface area contributed by atoms with Crippen LogP contribution >= 0.6 is 0 Å². The first-order valence-electron chi connectivity index (χ1n) is 9.43. The van der Waals surface area contributed by atoms with Crippen molar-refractivity contribution in [3.8, 4) is 0 Å². The van der Waals surface area contributed by atoms with E-state index in [2.05, 4.69) is 36.0 Å². The fraction of sp³-hybridized carbons (Fsp3) is 0.429. The van der Waals surface area contributed by atoms with Gasteiger partial charge in [-0.2, -0.15) is 5.10 Å². The van der Waals surface area contributed by atoms with Crippen molar-refractivity contribution in [3.63, 3.8) is 0 Å². The number of nitrogens with one attached hydrogen (secondary N) is 1. The average molecular weight is 368 g/mol. The molecule has 3 rings (SSSR count). The predicted molar refractivity (Wildman–Crippen MR) is 105 cm³/mol. The minimum Gasteiger partial charge on any atom is -0.299 e. The van der Waals surface area contributed by atoms with Crippen LogP contribution in [0.5, 0.6) is 0 Å². The monoisotopic (exact) mass is 368 g/mol. The maximum Gasteiger partial charge on any atom is 0.267 e. The van der Waals surface area contributed by atoms with Gasteiger partial charge in [0.15, 0.2) is 0 Å². The summed E-state index contributed by atoms with van der Waals surface area (Å²) in [7, 11) is 2.00. The zero-order valence-corrected chi connectivity index (χ0v) is 16.3. The van der Waals surface area contributed by atoms with Gasteiger partial charge in [0, 0.05) is 31.9 Å². The number of fused-ring (bicyclic) bond motifs is 1. The zero-order valence-electron chi connectivity index (χ0n) is 16.3. The number of aryl methyl sites for hydroxylation is 3. The second-order valence-electron chi connectivity index (χ2n) is 7.24. The minimum absolute atomic E-state index is 0.517. The zero-order chi connectivity index (χ0) is 19.4. The van der Waals surface area contributed by atoms with Crippen LogP contribution in [0, 0.1) is 13.8 Å². The molecular formula is C21H28N4O2. The van der Waals surface area contributed by atoms with Crippen molar-refractivity contribution < 1.29 is 10.0 Å². The quantitative estimate of drug-likeness (QED) is 0.483. The summed E-state index contributed by atoms with van der Waals surface area (Å²) in [6, 6.07) is 6.33. The summed E-state index contributed by atoms with van der Waals surface area (Å²) in [5.74, 6) is -0.517. The molecule has 27 heavy (non-hydrogen) atoms. The molecule has 0 saturated carbocycles. The number of carbonyl (C=O) groups is 1. The van der Waals surface area contributed by atoms with E-state index < -0.39 is 5.91 Å². The van der Waals surface area contributed by atoms with E-state index in [4.69, 9.17) is 5.21 Å². The molecule has 1 amide bonds. The first-order chi connectivity index (χ1) is 13.0. The Morgan fingerprint density at radius 2 is 2.15 bits per heavy atom. The fourth-order valence-electron chi connectivity index (χ4n) is 3.80. The number of hydrogen-bond donors (Lipinski definition) is 2. The van der Waals surface area contributed by atoms with E-state index in [0.29, 0.717) is 0 Å². The van der Waals surface area contributed by atoms with E-state index in [1.165, 1.54) is 28.5 Å². The molecule has 1 aromatic heterocycles. The highest BCUT2D eigenvalue weighted by Crippen LogP contribution is 2.22. The van der Waals surface area contributed by atoms with Gasteiger partial charge in [-0.3, -0.25) is 19.6 Å². The van der Waals surface area contributed by atoms with E-state index in [9.17, 15) is 4.79 Å². The van der Waals surface area contributed by atoms with Crippen LogP contribution < -0.4 is 5.48 Å². The number of hydrogen-bond acceptors (Lipinski definition) is 4. The van der Waals surface area contributed by atoms with Gasteiger partial charge in [0.2, 0.25) is 0 Å². The van der Waals surface area contributed by atoms with Crippen LogP contribution in [0.4, 0.5) is 0 Å². The van der Waals surface area contributed by atoms with E-state index >= 15 is 0 Å². The second-order valence-corrected chi connectivity index (χ2v) is 7.24. The summed E-state index contributed by atoms with van der Waals surface area (Å²) < 4.78 is 1.97. The van der Waals surface area contributed by atoms with Crippen LogP contribution in [-0.2, 0) is 31.2 Å². The highest BCUT2D eigenvalue weighted by atomic mass is 16.5. The average Bonchev–Trinajstić information content (AvgIpc) is 2.81. The van der Waals surface area contributed by atoms with Crippen LogP contribution in [-0.4, -0.2) is 38.9 Å². The van der Waals surface area contributed by atoms with E-state index in [1.807, 2.05) is 17.8 Å². The van der Waals surface area contributed by atoms with Crippen molar-refractivity contribution in [1.29, 1.82) is 0 Å². The van der Waals surface area contributed by atoms with Gasteiger partial charge < -0.3 is 0 Å². The van der Waals surface area contributed by atoms with Crippen LogP contribution in [0.25, 0.3) is 6.08 Å². The molecular weight excluding hydrogens is 340 g/mol. The van der Waals surface area contributed by atoms with E-state index in [-0.39, 0.29) is 0 Å². The first kappa shape index (κ1) is 19.3. The molecule has 0 aliphatic carbocycles. The summed E-state index contributed by atoms with van der Waals surface area (Å²) in [5.41, 5.74) is 9.05. The number of nitrogens with zero attached hydrogens (tertiary/aromatic N) is 3. The van der Waals surface area contributed by atoms with Crippen molar-refractivity contribution in [1.82, 2.24) is 20.2 Å². The highest BCUT2D eigenvalue weighted by molar-refractivity contribution is 5.90. The van der Waals surface area contributed by atoms with Gasteiger partial charge in [-0.25, -0.2) is 5.48 Å². The lowest BCUT2D eigenvalue weighted by atomic mass is 10.0. The second kappa shape index (κ2) is 8.50. The van der Waals surface area contributed by atoms with Gasteiger partial charge in [-0.05, 0) is 68.0 Å².